The molecule has 2 heterocycles. The van der Waals surface area contributed by atoms with E-state index in [1.165, 1.54) is 6.07 Å². The number of aryl methyl sites for hydroxylation is 1. The second-order valence-electron chi connectivity index (χ2n) is 8.82. The normalized spacial score (nSPS) is 21.4. The molecule has 0 radical (unpaired) electrons. The number of halogens is 6. The fraction of sp³-hybridized carbons (Fsp3) is 0.500. The maximum atomic E-state index is 14.2. The van der Waals surface area contributed by atoms with Crippen molar-refractivity contribution in [1.82, 2.24) is 4.90 Å². The number of benzene rings is 2. The molecule has 2 aromatic carbocycles. The van der Waals surface area contributed by atoms with E-state index in [-0.39, 0.29) is 55.0 Å². The minimum atomic E-state index is -4.55. The predicted molar refractivity (Wildman–Crippen MR) is 127 cm³/mol. The number of likely N-dealkylation sites (tertiary alicyclic amines) is 1. The van der Waals surface area contributed by atoms with Crippen LogP contribution in [0.3, 0.4) is 0 Å². The molecule has 4 nitrogen and oxygen atoms in total. The Hall–Kier alpha value is -1.58. The molecule has 0 amide bonds. The molecule has 10 heteroatoms. The number of fused-ring (bicyclic) bond motifs is 1. The zero-order valence-electron chi connectivity index (χ0n) is 18.8. The third kappa shape index (κ3) is 5.97. The predicted octanol–water partition coefficient (Wildman–Crippen LogP) is 5.56. The Morgan fingerprint density at radius 2 is 1.79 bits per heavy atom. The van der Waals surface area contributed by atoms with Gasteiger partial charge in [-0.1, -0.05) is 18.2 Å². The van der Waals surface area contributed by atoms with Gasteiger partial charge in [0.1, 0.15) is 11.6 Å². The number of phenols is 1. The van der Waals surface area contributed by atoms with E-state index in [4.69, 9.17) is 10.5 Å². The third-order valence-corrected chi connectivity index (χ3v) is 6.76. The standard InChI is InChI=1S/C24H28F4N2O2.2ClH/c1-14-2-5-18-19(23(14)31)11-21(32-22(18)12-29)15-6-8-30(9-7-15)13-16-3-4-17(10-20(16)25)24(26,27)28;;/h2-5,10,15,21-22,31H,6-9,11-13,29H2,1H3;2*1H/t21-,22-;;/m0../s1. The molecule has 1 saturated heterocycles. The highest BCUT2D eigenvalue weighted by Crippen LogP contribution is 2.40. The largest absolute Gasteiger partial charge is 0.507 e. The molecule has 0 aromatic heterocycles. The molecular weight excluding hydrogens is 495 g/mol. The summed E-state index contributed by atoms with van der Waals surface area (Å²) in [5, 5.41) is 10.6. The van der Waals surface area contributed by atoms with Gasteiger partial charge in [-0.05, 0) is 62.0 Å². The van der Waals surface area contributed by atoms with Gasteiger partial charge in [0, 0.05) is 30.6 Å². The fourth-order valence-electron chi connectivity index (χ4n) is 4.85. The van der Waals surface area contributed by atoms with Crippen molar-refractivity contribution in [3.05, 3.63) is 64.0 Å². The molecule has 2 aliphatic heterocycles. The summed E-state index contributed by atoms with van der Waals surface area (Å²) >= 11 is 0. The van der Waals surface area contributed by atoms with Gasteiger partial charge in [-0.25, -0.2) is 4.39 Å². The topological polar surface area (TPSA) is 58.7 Å². The highest BCUT2D eigenvalue weighted by atomic mass is 35.5. The Labute approximate surface area is 209 Å². The van der Waals surface area contributed by atoms with E-state index >= 15 is 0 Å². The molecule has 2 atom stereocenters. The first kappa shape index (κ1) is 28.7. The summed E-state index contributed by atoms with van der Waals surface area (Å²) in [5.74, 6) is -0.249. The van der Waals surface area contributed by atoms with Crippen LogP contribution in [0, 0.1) is 18.7 Å². The van der Waals surface area contributed by atoms with Crippen LogP contribution < -0.4 is 5.73 Å². The van der Waals surface area contributed by atoms with Gasteiger partial charge in [0.05, 0.1) is 17.8 Å². The summed E-state index contributed by atoms with van der Waals surface area (Å²) in [7, 11) is 0. The van der Waals surface area contributed by atoms with Crippen LogP contribution in [0.1, 0.15) is 46.8 Å². The second-order valence-corrected chi connectivity index (χ2v) is 8.82. The van der Waals surface area contributed by atoms with Gasteiger partial charge < -0.3 is 15.6 Å². The number of hydrogen-bond donors (Lipinski definition) is 2. The van der Waals surface area contributed by atoms with Crippen molar-refractivity contribution in [1.29, 1.82) is 0 Å². The molecule has 2 aliphatic rings. The number of alkyl halides is 3. The van der Waals surface area contributed by atoms with Crippen LogP contribution in [-0.4, -0.2) is 35.7 Å². The Balaban J connectivity index is 0.00000204. The fourth-order valence-corrected chi connectivity index (χ4v) is 4.85. The number of aromatic hydroxyl groups is 1. The molecule has 2 aromatic rings. The van der Waals surface area contributed by atoms with Gasteiger partial charge in [-0.3, -0.25) is 4.90 Å². The summed E-state index contributed by atoms with van der Waals surface area (Å²) < 4.78 is 58.8. The molecule has 34 heavy (non-hydrogen) atoms. The van der Waals surface area contributed by atoms with Crippen molar-refractivity contribution in [2.75, 3.05) is 19.6 Å². The Morgan fingerprint density at radius 3 is 2.38 bits per heavy atom. The van der Waals surface area contributed by atoms with Gasteiger partial charge in [-0.15, -0.1) is 24.8 Å². The minimum absolute atomic E-state index is 0. The lowest BCUT2D eigenvalue weighted by Gasteiger charge is -2.40. The van der Waals surface area contributed by atoms with Crippen LogP contribution in [0.15, 0.2) is 30.3 Å². The van der Waals surface area contributed by atoms with Crippen LogP contribution in [0.5, 0.6) is 5.75 Å². The number of nitrogens with zero attached hydrogens (tertiary/aromatic N) is 1. The first-order chi connectivity index (χ1) is 15.2. The molecule has 3 N–H and O–H groups in total. The lowest BCUT2D eigenvalue weighted by atomic mass is 9.83. The lowest BCUT2D eigenvalue weighted by molar-refractivity contribution is -0.137. The number of phenolic OH excluding ortho intramolecular Hbond substituents is 1. The van der Waals surface area contributed by atoms with Crippen molar-refractivity contribution in [2.24, 2.45) is 11.7 Å². The van der Waals surface area contributed by atoms with Crippen LogP contribution in [0.2, 0.25) is 0 Å². The monoisotopic (exact) mass is 524 g/mol. The molecule has 0 bridgehead atoms. The summed E-state index contributed by atoms with van der Waals surface area (Å²) in [5.41, 5.74) is 7.91. The Bertz CT molecular complexity index is 982. The van der Waals surface area contributed by atoms with Gasteiger partial charge in [-0.2, -0.15) is 13.2 Å². The van der Waals surface area contributed by atoms with E-state index in [9.17, 15) is 22.7 Å². The van der Waals surface area contributed by atoms with Crippen molar-refractivity contribution in [2.45, 2.75) is 51.1 Å². The zero-order valence-corrected chi connectivity index (χ0v) is 20.4. The molecule has 190 valence electrons. The molecule has 4 rings (SSSR count). The smallest absolute Gasteiger partial charge is 0.416 e. The number of piperidine rings is 1. The van der Waals surface area contributed by atoms with Crippen molar-refractivity contribution in [3.8, 4) is 5.75 Å². The maximum Gasteiger partial charge on any atom is 0.416 e. The molecule has 0 aliphatic carbocycles. The van der Waals surface area contributed by atoms with E-state index < -0.39 is 17.6 Å². The summed E-state index contributed by atoms with van der Waals surface area (Å²) in [6.45, 7) is 3.88. The van der Waals surface area contributed by atoms with E-state index in [1.807, 2.05) is 19.1 Å². The second kappa shape index (κ2) is 11.4. The molecule has 0 spiro atoms. The lowest BCUT2D eigenvalue weighted by Crippen LogP contribution is -2.42. The van der Waals surface area contributed by atoms with Crippen molar-refractivity contribution >= 4 is 24.8 Å². The van der Waals surface area contributed by atoms with Crippen LogP contribution in [0.25, 0.3) is 0 Å². The average molecular weight is 525 g/mol. The van der Waals surface area contributed by atoms with Gasteiger partial charge in [0.25, 0.3) is 0 Å². The molecule has 0 saturated carbocycles. The van der Waals surface area contributed by atoms with Gasteiger partial charge in [0.15, 0.2) is 0 Å². The molecule has 0 unspecified atom stereocenters. The quantitative estimate of drug-likeness (QED) is 0.514. The first-order valence-corrected chi connectivity index (χ1v) is 10.9. The average Bonchev–Trinajstić information content (AvgIpc) is 2.77. The summed E-state index contributed by atoms with van der Waals surface area (Å²) in [6.07, 6.45) is -2.59. The maximum absolute atomic E-state index is 14.2. The Morgan fingerprint density at radius 1 is 1.12 bits per heavy atom. The van der Waals surface area contributed by atoms with E-state index in [0.717, 1.165) is 35.6 Å². The molecule has 1 fully saturated rings. The van der Waals surface area contributed by atoms with Crippen LogP contribution >= 0.6 is 24.8 Å². The van der Waals surface area contributed by atoms with Crippen molar-refractivity contribution < 1.29 is 27.4 Å². The van der Waals surface area contributed by atoms with Gasteiger partial charge in [0.2, 0.25) is 0 Å². The summed E-state index contributed by atoms with van der Waals surface area (Å²) in [6, 6.07) is 6.57. The SMILES string of the molecule is Cc1ccc2c(c1O)C[C@@H](C1CCN(Cc3ccc(C(F)(F)F)cc3F)CC1)O[C@H]2CN.Cl.Cl. The van der Waals surface area contributed by atoms with Crippen molar-refractivity contribution in [3.63, 3.8) is 0 Å². The minimum Gasteiger partial charge on any atom is -0.507 e. The highest BCUT2D eigenvalue weighted by Gasteiger charge is 2.36. The number of ether oxygens (including phenoxy) is 1. The van der Waals surface area contributed by atoms with Gasteiger partial charge >= 0.3 is 6.18 Å². The zero-order chi connectivity index (χ0) is 23.0. The van der Waals surface area contributed by atoms with Crippen LogP contribution in [-0.2, 0) is 23.9 Å². The van der Waals surface area contributed by atoms with E-state index in [2.05, 4.69) is 4.90 Å². The number of rotatable bonds is 4. The summed E-state index contributed by atoms with van der Waals surface area (Å²) in [4.78, 5) is 2.06. The Kier molecular flexibility index (Phi) is 9.64. The first-order valence-electron chi connectivity index (χ1n) is 10.9. The number of nitrogens with two attached hydrogens (primary N) is 1. The third-order valence-electron chi connectivity index (χ3n) is 6.76. The van der Waals surface area contributed by atoms with E-state index in [0.29, 0.717) is 37.9 Å². The molecular formula is C24H30Cl2F4N2O2. The van der Waals surface area contributed by atoms with Crippen LogP contribution in [0.4, 0.5) is 17.6 Å². The van der Waals surface area contributed by atoms with E-state index in [1.54, 1.807) is 0 Å². The highest BCUT2D eigenvalue weighted by molar-refractivity contribution is 5.85. The number of hydrogen-bond acceptors (Lipinski definition) is 4.